The molecule has 0 aliphatic carbocycles. The Hall–Kier alpha value is -0.990. The summed E-state index contributed by atoms with van der Waals surface area (Å²) in [7, 11) is 0. The monoisotopic (exact) mass is 288 g/mol. The van der Waals surface area contributed by atoms with Crippen LogP contribution in [0.5, 0.6) is 0 Å². The van der Waals surface area contributed by atoms with Crippen molar-refractivity contribution in [1.29, 1.82) is 0 Å². The van der Waals surface area contributed by atoms with Crippen LogP contribution in [0.1, 0.15) is 27.7 Å². The zero-order chi connectivity index (χ0) is 15.7. The number of nitrogens with zero attached hydrogens (tertiary/aromatic N) is 1. The van der Waals surface area contributed by atoms with E-state index in [1.807, 2.05) is 0 Å². The van der Waals surface area contributed by atoms with E-state index in [1.165, 1.54) is 0 Å². The predicted octanol–water partition coefficient (Wildman–Crippen LogP) is -0.995. The molecule has 7 heteroatoms. The maximum absolute atomic E-state index is 12.1. The molecule has 0 aromatic heterocycles. The van der Waals surface area contributed by atoms with Gasteiger partial charge < -0.3 is 25.8 Å². The van der Waals surface area contributed by atoms with Crippen molar-refractivity contribution in [3.05, 3.63) is 11.6 Å². The summed E-state index contributed by atoms with van der Waals surface area (Å²) in [6, 6.07) is 0. The van der Waals surface area contributed by atoms with Crippen LogP contribution in [0.4, 0.5) is 0 Å². The van der Waals surface area contributed by atoms with Crippen molar-refractivity contribution in [2.24, 2.45) is 0 Å². The van der Waals surface area contributed by atoms with Gasteiger partial charge in [0.15, 0.2) is 0 Å². The molecule has 116 valence electrons. The van der Waals surface area contributed by atoms with Gasteiger partial charge in [0.2, 0.25) is 5.91 Å². The van der Waals surface area contributed by atoms with Gasteiger partial charge in [-0.1, -0.05) is 6.08 Å². The first kappa shape index (κ1) is 17.1. The van der Waals surface area contributed by atoms with Gasteiger partial charge in [-0.3, -0.25) is 4.79 Å². The van der Waals surface area contributed by atoms with Crippen molar-refractivity contribution in [2.45, 2.75) is 51.0 Å². The van der Waals surface area contributed by atoms with E-state index in [1.54, 1.807) is 33.8 Å². The average molecular weight is 288 g/mol. The molecule has 7 nitrogen and oxygen atoms in total. The summed E-state index contributed by atoms with van der Waals surface area (Å²) in [5.41, 5.74) is -1.14. The van der Waals surface area contributed by atoms with Crippen molar-refractivity contribution in [3.8, 4) is 0 Å². The maximum Gasteiger partial charge on any atom is 0.249 e. The highest BCUT2D eigenvalue weighted by Gasteiger charge is 2.47. The van der Waals surface area contributed by atoms with Crippen LogP contribution in [0.2, 0.25) is 0 Å². The van der Waals surface area contributed by atoms with Crippen LogP contribution in [0.3, 0.4) is 0 Å². The molecule has 0 saturated carbocycles. The van der Waals surface area contributed by atoms with Crippen LogP contribution in [0.15, 0.2) is 11.6 Å². The van der Waals surface area contributed by atoms with E-state index in [9.17, 15) is 20.2 Å². The summed E-state index contributed by atoms with van der Waals surface area (Å²) in [4.78, 5) is 12.1. The highest BCUT2D eigenvalue weighted by atomic mass is 16.5. The van der Waals surface area contributed by atoms with Gasteiger partial charge in [-0.25, -0.2) is 0 Å². The number of carbonyl (C=O) groups excluding carboxylic acids is 1. The molecule has 1 amide bonds. The fourth-order valence-electron chi connectivity index (χ4n) is 2.32. The Bertz CT molecular complexity index is 406. The highest BCUT2D eigenvalue weighted by molar-refractivity contribution is 5.96. The zero-order valence-electron chi connectivity index (χ0n) is 12.3. The second kappa shape index (κ2) is 5.79. The molecule has 0 aromatic carbocycles. The first-order valence-electron chi connectivity index (χ1n) is 6.51. The normalized spacial score (nSPS) is 24.1. The van der Waals surface area contributed by atoms with Crippen molar-refractivity contribution in [1.82, 2.24) is 10.4 Å². The summed E-state index contributed by atoms with van der Waals surface area (Å²) in [5, 5.41) is 41.1. The van der Waals surface area contributed by atoms with Crippen LogP contribution in [-0.4, -0.2) is 67.9 Å². The van der Waals surface area contributed by atoms with Crippen molar-refractivity contribution in [3.63, 3.8) is 0 Å². The summed E-state index contributed by atoms with van der Waals surface area (Å²) >= 11 is 0. The minimum atomic E-state index is -1.30. The minimum absolute atomic E-state index is 0.181. The summed E-state index contributed by atoms with van der Waals surface area (Å²) < 4.78 is 0. The topological polar surface area (TPSA) is 113 Å². The lowest BCUT2D eigenvalue weighted by Crippen LogP contribution is -2.50. The van der Waals surface area contributed by atoms with E-state index in [0.717, 1.165) is 5.06 Å². The van der Waals surface area contributed by atoms with Gasteiger partial charge in [-0.15, -0.1) is 0 Å². The van der Waals surface area contributed by atoms with E-state index in [2.05, 4.69) is 5.32 Å². The first-order chi connectivity index (χ1) is 9.04. The van der Waals surface area contributed by atoms with E-state index >= 15 is 0 Å². The van der Waals surface area contributed by atoms with Gasteiger partial charge in [0.1, 0.15) is 6.10 Å². The second-order valence-electron chi connectivity index (χ2n) is 6.11. The second-order valence-corrected chi connectivity index (χ2v) is 6.11. The zero-order valence-corrected chi connectivity index (χ0v) is 12.3. The summed E-state index contributed by atoms with van der Waals surface area (Å²) in [6.07, 6.45) is -0.879. The van der Waals surface area contributed by atoms with Gasteiger partial charge in [-0.05, 0) is 27.7 Å². The fourth-order valence-corrected chi connectivity index (χ4v) is 2.32. The lowest BCUT2D eigenvalue weighted by molar-refractivity contribution is -0.186. The summed E-state index contributed by atoms with van der Waals surface area (Å²) in [6.45, 7) is 6.22. The molecular weight excluding hydrogens is 264 g/mol. The molecule has 0 fully saturated rings. The number of hydrogen-bond donors (Lipinski definition) is 5. The van der Waals surface area contributed by atoms with Gasteiger partial charge in [0.25, 0.3) is 0 Å². The minimum Gasteiger partial charge on any atom is -0.394 e. The van der Waals surface area contributed by atoms with Crippen molar-refractivity contribution >= 4 is 5.91 Å². The molecule has 5 N–H and O–H groups in total. The molecular formula is C13H24N2O5. The number of rotatable bonds is 5. The highest BCUT2D eigenvalue weighted by Crippen LogP contribution is 2.38. The third kappa shape index (κ3) is 3.18. The largest absolute Gasteiger partial charge is 0.394 e. The Morgan fingerprint density at radius 2 is 1.85 bits per heavy atom. The predicted molar refractivity (Wildman–Crippen MR) is 72.0 cm³/mol. The number of hydroxylamine groups is 2. The molecule has 1 rings (SSSR count). The molecule has 0 aromatic rings. The van der Waals surface area contributed by atoms with Gasteiger partial charge >= 0.3 is 0 Å². The number of aliphatic hydroxyl groups is 3. The third-order valence-electron chi connectivity index (χ3n) is 3.58. The maximum atomic E-state index is 12.1. The lowest BCUT2D eigenvalue weighted by atomic mass is 9.96. The molecule has 0 saturated heterocycles. The Morgan fingerprint density at radius 3 is 2.25 bits per heavy atom. The van der Waals surface area contributed by atoms with Crippen LogP contribution in [0.25, 0.3) is 0 Å². The van der Waals surface area contributed by atoms with Gasteiger partial charge in [-0.2, -0.15) is 5.06 Å². The van der Waals surface area contributed by atoms with E-state index in [-0.39, 0.29) is 6.54 Å². The van der Waals surface area contributed by atoms with Gasteiger partial charge in [0.05, 0.1) is 23.8 Å². The Kier molecular flexibility index (Phi) is 4.94. The SMILES string of the molecule is CC1(C)C=C(C(=O)NCC(O)C(O)CO)C(C)(C)N1O. The Morgan fingerprint density at radius 1 is 1.30 bits per heavy atom. The lowest BCUT2D eigenvalue weighted by Gasteiger charge is -2.35. The summed E-state index contributed by atoms with van der Waals surface area (Å²) in [5.74, 6) is -0.427. The smallest absolute Gasteiger partial charge is 0.249 e. The number of carbonyl (C=O) groups is 1. The first-order valence-corrected chi connectivity index (χ1v) is 6.51. The molecule has 2 atom stereocenters. The standard InChI is InChI=1S/C13H24N2O5/c1-12(2)5-8(13(3,4)15(12)20)11(19)14-6-9(17)10(18)7-16/h5,9-10,16-18,20H,6-7H2,1-4H3,(H,14,19). The number of aliphatic hydroxyl groups excluding tert-OH is 3. The molecule has 20 heavy (non-hydrogen) atoms. The molecule has 1 aliphatic heterocycles. The van der Waals surface area contributed by atoms with E-state index in [0.29, 0.717) is 5.57 Å². The fraction of sp³-hybridized carbons (Fsp3) is 0.769. The van der Waals surface area contributed by atoms with Crippen LogP contribution < -0.4 is 5.32 Å². The van der Waals surface area contributed by atoms with E-state index < -0.39 is 35.8 Å². The van der Waals surface area contributed by atoms with Crippen LogP contribution in [0, 0.1) is 0 Å². The third-order valence-corrected chi connectivity index (χ3v) is 3.58. The average Bonchev–Trinajstić information content (AvgIpc) is 2.54. The van der Waals surface area contributed by atoms with Crippen LogP contribution >= 0.6 is 0 Å². The molecule has 0 radical (unpaired) electrons. The quantitative estimate of drug-likeness (QED) is 0.444. The van der Waals surface area contributed by atoms with Crippen LogP contribution in [-0.2, 0) is 4.79 Å². The Labute approximate surface area is 118 Å². The molecule has 1 heterocycles. The van der Waals surface area contributed by atoms with Gasteiger partial charge in [0, 0.05) is 12.1 Å². The number of nitrogens with one attached hydrogen (secondary N) is 1. The molecule has 0 spiro atoms. The molecule has 0 bridgehead atoms. The number of hydrogen-bond acceptors (Lipinski definition) is 6. The van der Waals surface area contributed by atoms with E-state index in [4.69, 9.17) is 5.11 Å². The number of amides is 1. The molecule has 2 unspecified atom stereocenters. The molecule has 1 aliphatic rings. The van der Waals surface area contributed by atoms with Crippen molar-refractivity contribution < 1.29 is 25.3 Å². The van der Waals surface area contributed by atoms with Crippen molar-refractivity contribution in [2.75, 3.05) is 13.2 Å². The Balaban J connectivity index is 2.74.